The number of nitrogens with zero attached hydrogens (tertiary/aromatic N) is 4. The summed E-state index contributed by atoms with van der Waals surface area (Å²) in [5.74, 6) is -0.769. The quantitative estimate of drug-likeness (QED) is 0.663. The van der Waals surface area contributed by atoms with E-state index in [0.29, 0.717) is 35.2 Å². The monoisotopic (exact) mass is 406 g/mol. The van der Waals surface area contributed by atoms with Crippen LogP contribution in [0.2, 0.25) is 5.15 Å². The van der Waals surface area contributed by atoms with Gasteiger partial charge in [0.15, 0.2) is 0 Å². The normalized spacial score (nSPS) is 11.1. The Kier molecular flexibility index (Phi) is 7.34. The first-order valence-electron chi connectivity index (χ1n) is 9.00. The van der Waals surface area contributed by atoms with Gasteiger partial charge < -0.3 is 9.80 Å². The summed E-state index contributed by atoms with van der Waals surface area (Å²) in [5.41, 5.74) is 1.82. The molecule has 0 spiro atoms. The molecule has 1 aromatic carbocycles. The summed E-state index contributed by atoms with van der Waals surface area (Å²) in [7, 11) is 1.57. The molecular weight excluding hydrogens is 383 g/mol. The fourth-order valence-corrected chi connectivity index (χ4v) is 3.03. The topological polar surface area (TPSA) is 58.4 Å². The standard InChI is InChI=1S/C20H24ClFN4O2/c1-5-25(6-2)19(28)13-24(4)18(27)12-11-17-14(3)23-26(20(17)21)16-9-7-15(22)8-10-16/h7-12H,5-6,13H2,1-4H3/b12-11+. The maximum absolute atomic E-state index is 13.1. The van der Waals surface area contributed by atoms with Crippen molar-refractivity contribution < 1.29 is 14.0 Å². The summed E-state index contributed by atoms with van der Waals surface area (Å²) in [6.07, 6.45) is 2.94. The van der Waals surface area contributed by atoms with Gasteiger partial charge in [-0.25, -0.2) is 9.07 Å². The lowest BCUT2D eigenvalue weighted by Crippen LogP contribution is -2.40. The Labute approximate surface area is 169 Å². The number of halogens is 2. The highest BCUT2D eigenvalue weighted by Crippen LogP contribution is 2.24. The van der Waals surface area contributed by atoms with E-state index >= 15 is 0 Å². The third-order valence-electron chi connectivity index (χ3n) is 4.38. The Balaban J connectivity index is 2.14. The SMILES string of the molecule is CCN(CC)C(=O)CN(C)C(=O)/C=C/c1c(C)nn(-c2ccc(F)cc2)c1Cl. The van der Waals surface area contributed by atoms with Gasteiger partial charge in [-0.1, -0.05) is 11.6 Å². The Hall–Kier alpha value is -2.67. The molecule has 0 bridgehead atoms. The number of aryl methyl sites for hydroxylation is 1. The Morgan fingerprint density at radius 3 is 2.39 bits per heavy atom. The van der Waals surface area contributed by atoms with Gasteiger partial charge in [-0.05, 0) is 51.1 Å². The van der Waals surface area contributed by atoms with Crippen LogP contribution < -0.4 is 0 Å². The maximum Gasteiger partial charge on any atom is 0.246 e. The van der Waals surface area contributed by atoms with Crippen molar-refractivity contribution >= 4 is 29.5 Å². The minimum atomic E-state index is -0.350. The van der Waals surface area contributed by atoms with Crippen LogP contribution in [0.3, 0.4) is 0 Å². The van der Waals surface area contributed by atoms with E-state index in [2.05, 4.69) is 5.10 Å². The fourth-order valence-electron chi connectivity index (χ4n) is 2.69. The predicted octanol–water partition coefficient (Wildman–Crippen LogP) is 3.31. The first kappa shape index (κ1) is 21.6. The van der Waals surface area contributed by atoms with E-state index in [1.807, 2.05) is 13.8 Å². The van der Waals surface area contributed by atoms with Crippen LogP contribution in [0.1, 0.15) is 25.1 Å². The molecule has 28 heavy (non-hydrogen) atoms. The summed E-state index contributed by atoms with van der Waals surface area (Å²) in [6.45, 7) is 6.77. The Morgan fingerprint density at radius 1 is 1.21 bits per heavy atom. The second-order valence-corrected chi connectivity index (χ2v) is 6.63. The van der Waals surface area contributed by atoms with Crippen molar-refractivity contribution in [3.63, 3.8) is 0 Å². The van der Waals surface area contributed by atoms with Crippen molar-refractivity contribution in [2.24, 2.45) is 0 Å². The van der Waals surface area contributed by atoms with Crippen molar-refractivity contribution in [2.45, 2.75) is 20.8 Å². The summed E-state index contributed by atoms with van der Waals surface area (Å²) in [4.78, 5) is 27.5. The molecule has 0 N–H and O–H groups in total. The molecule has 0 fully saturated rings. The van der Waals surface area contributed by atoms with Crippen molar-refractivity contribution in [1.82, 2.24) is 19.6 Å². The average Bonchev–Trinajstić information content (AvgIpc) is 2.95. The third kappa shape index (κ3) is 4.98. The van der Waals surface area contributed by atoms with Crippen LogP contribution in [0.5, 0.6) is 0 Å². The largest absolute Gasteiger partial charge is 0.342 e. The first-order valence-corrected chi connectivity index (χ1v) is 9.38. The van der Waals surface area contributed by atoms with Gasteiger partial charge in [-0.3, -0.25) is 9.59 Å². The van der Waals surface area contributed by atoms with Crippen molar-refractivity contribution in [3.05, 3.63) is 52.6 Å². The van der Waals surface area contributed by atoms with Crippen LogP contribution in [-0.2, 0) is 9.59 Å². The highest BCUT2D eigenvalue weighted by atomic mass is 35.5. The molecule has 0 aliphatic heterocycles. The van der Waals surface area contributed by atoms with Crippen LogP contribution in [0, 0.1) is 12.7 Å². The van der Waals surface area contributed by atoms with Crippen LogP contribution in [0.4, 0.5) is 4.39 Å². The highest BCUT2D eigenvalue weighted by molar-refractivity contribution is 6.31. The third-order valence-corrected chi connectivity index (χ3v) is 4.74. The minimum absolute atomic E-state index is 0.00636. The molecule has 1 heterocycles. The number of aromatic nitrogens is 2. The summed E-state index contributed by atoms with van der Waals surface area (Å²) in [5, 5.41) is 4.67. The van der Waals surface area contributed by atoms with Crippen molar-refractivity contribution in [1.29, 1.82) is 0 Å². The summed E-state index contributed by atoms with van der Waals surface area (Å²) < 4.78 is 14.6. The van der Waals surface area contributed by atoms with Gasteiger partial charge in [-0.2, -0.15) is 5.10 Å². The van der Waals surface area contributed by atoms with Gasteiger partial charge >= 0.3 is 0 Å². The zero-order chi connectivity index (χ0) is 20.8. The van der Waals surface area contributed by atoms with Crippen LogP contribution in [0.25, 0.3) is 11.8 Å². The molecule has 2 aromatic rings. The van der Waals surface area contributed by atoms with Gasteiger partial charge in [0.2, 0.25) is 11.8 Å². The molecule has 6 nitrogen and oxygen atoms in total. The molecule has 0 radical (unpaired) electrons. The maximum atomic E-state index is 13.1. The molecule has 0 aliphatic rings. The van der Waals surface area contributed by atoms with Gasteiger partial charge in [0.25, 0.3) is 0 Å². The van der Waals surface area contributed by atoms with Crippen LogP contribution in [-0.4, -0.2) is 58.1 Å². The second-order valence-electron chi connectivity index (χ2n) is 6.27. The number of carbonyl (C=O) groups is 2. The molecular formula is C20H24ClFN4O2. The van der Waals surface area contributed by atoms with Crippen LogP contribution in [0.15, 0.2) is 30.3 Å². The molecule has 2 amide bonds. The second kappa shape index (κ2) is 9.50. The number of likely N-dealkylation sites (N-methyl/N-ethyl adjacent to an activating group) is 2. The average molecular weight is 407 g/mol. The van der Waals surface area contributed by atoms with E-state index in [9.17, 15) is 14.0 Å². The Bertz CT molecular complexity index is 873. The fraction of sp³-hybridized carbons (Fsp3) is 0.350. The lowest BCUT2D eigenvalue weighted by molar-refractivity contribution is -0.136. The minimum Gasteiger partial charge on any atom is -0.342 e. The number of amides is 2. The molecule has 1 aromatic heterocycles. The van der Waals surface area contributed by atoms with Gasteiger partial charge in [0, 0.05) is 31.8 Å². The zero-order valence-electron chi connectivity index (χ0n) is 16.4. The van der Waals surface area contributed by atoms with Crippen LogP contribution >= 0.6 is 11.6 Å². The summed E-state index contributed by atoms with van der Waals surface area (Å²) >= 11 is 6.40. The van der Waals surface area contributed by atoms with Gasteiger partial charge in [0.05, 0.1) is 17.9 Å². The molecule has 2 rings (SSSR count). The first-order chi connectivity index (χ1) is 13.3. The molecule has 0 atom stereocenters. The Morgan fingerprint density at radius 2 is 1.82 bits per heavy atom. The van der Waals surface area contributed by atoms with E-state index in [0.717, 1.165) is 0 Å². The predicted molar refractivity (Wildman–Crippen MR) is 108 cm³/mol. The number of hydrogen-bond donors (Lipinski definition) is 0. The van der Waals surface area contributed by atoms with E-state index < -0.39 is 0 Å². The van der Waals surface area contributed by atoms with Crippen molar-refractivity contribution in [2.75, 3.05) is 26.7 Å². The number of carbonyl (C=O) groups excluding carboxylic acids is 2. The van der Waals surface area contributed by atoms with E-state index in [1.165, 1.54) is 27.8 Å². The highest BCUT2D eigenvalue weighted by Gasteiger charge is 2.16. The lowest BCUT2D eigenvalue weighted by atomic mass is 10.2. The van der Waals surface area contributed by atoms with Gasteiger partial charge in [0.1, 0.15) is 11.0 Å². The van der Waals surface area contributed by atoms with Crippen molar-refractivity contribution in [3.8, 4) is 5.69 Å². The smallest absolute Gasteiger partial charge is 0.246 e. The molecule has 0 saturated heterocycles. The molecule has 0 saturated carbocycles. The van der Waals surface area contributed by atoms with E-state index in [-0.39, 0.29) is 24.2 Å². The molecule has 150 valence electrons. The number of hydrogen-bond acceptors (Lipinski definition) is 3. The van der Waals surface area contributed by atoms with E-state index in [1.54, 1.807) is 37.1 Å². The zero-order valence-corrected chi connectivity index (χ0v) is 17.2. The molecule has 0 unspecified atom stereocenters. The van der Waals surface area contributed by atoms with E-state index in [4.69, 9.17) is 11.6 Å². The molecule has 8 heteroatoms. The van der Waals surface area contributed by atoms with Gasteiger partial charge in [-0.15, -0.1) is 0 Å². The lowest BCUT2D eigenvalue weighted by Gasteiger charge is -2.22. The number of benzene rings is 1. The number of rotatable bonds is 7. The summed E-state index contributed by atoms with van der Waals surface area (Å²) in [6, 6.07) is 5.78. The molecule has 0 aliphatic carbocycles.